The number of nitrogens with zero attached hydrogens (tertiary/aromatic N) is 2. The van der Waals surface area contributed by atoms with E-state index in [-0.39, 0.29) is 28.8 Å². The van der Waals surface area contributed by atoms with E-state index in [1.165, 1.54) is 43.8 Å². The lowest BCUT2D eigenvalue weighted by Crippen LogP contribution is -2.26. The predicted octanol–water partition coefficient (Wildman–Crippen LogP) is 6.72. The zero-order valence-corrected chi connectivity index (χ0v) is 19.6. The van der Waals surface area contributed by atoms with Crippen LogP contribution in [0.4, 0.5) is 8.78 Å². The topological polar surface area (TPSA) is 61.3 Å². The van der Waals surface area contributed by atoms with Gasteiger partial charge in [-0.2, -0.15) is 4.39 Å². The van der Waals surface area contributed by atoms with Crippen molar-refractivity contribution < 1.29 is 23.0 Å². The summed E-state index contributed by atoms with van der Waals surface area (Å²) < 4.78 is 39.6. The maximum Gasteiger partial charge on any atom is 0.329 e. The Morgan fingerprint density at radius 1 is 1.03 bits per heavy atom. The van der Waals surface area contributed by atoms with Crippen LogP contribution in [0.25, 0.3) is 11.4 Å². The second-order valence-electron chi connectivity index (χ2n) is 7.81. The molecule has 0 aliphatic carbocycles. The minimum absolute atomic E-state index is 0.0342. The van der Waals surface area contributed by atoms with Crippen LogP contribution in [0.2, 0.25) is 0 Å². The first-order valence-electron chi connectivity index (χ1n) is 11.2. The molecule has 0 radical (unpaired) electrons. The number of unbranched alkanes of at least 4 members (excludes halogenated alkanes) is 5. The molecule has 0 fully saturated rings. The van der Waals surface area contributed by atoms with Crippen LogP contribution in [-0.4, -0.2) is 27.9 Å². The van der Waals surface area contributed by atoms with Gasteiger partial charge in [0.15, 0.2) is 23.1 Å². The van der Waals surface area contributed by atoms with Gasteiger partial charge < -0.3 is 9.47 Å². The summed E-state index contributed by atoms with van der Waals surface area (Å²) in [5.41, 5.74) is -0.109. The van der Waals surface area contributed by atoms with Gasteiger partial charge in [-0.1, -0.05) is 59.3 Å². The molecule has 2 atom stereocenters. The van der Waals surface area contributed by atoms with Gasteiger partial charge in [0.2, 0.25) is 5.82 Å². The van der Waals surface area contributed by atoms with Crippen molar-refractivity contribution in [1.82, 2.24) is 9.97 Å². The highest BCUT2D eigenvalue weighted by Gasteiger charge is 2.24. The first-order chi connectivity index (χ1) is 15.4. The summed E-state index contributed by atoms with van der Waals surface area (Å²) in [5, 5.41) is -0.796. The maximum absolute atomic E-state index is 14.6. The molecule has 0 N–H and O–H groups in total. The molecule has 2 aromatic rings. The fraction of sp³-hybridized carbons (Fsp3) is 0.542. The number of hydrogen-bond acceptors (Lipinski definition) is 5. The van der Waals surface area contributed by atoms with Crippen molar-refractivity contribution in [3.05, 3.63) is 36.2 Å². The zero-order valence-electron chi connectivity index (χ0n) is 18.9. The van der Waals surface area contributed by atoms with E-state index in [9.17, 15) is 13.6 Å². The maximum atomic E-state index is 14.6. The summed E-state index contributed by atoms with van der Waals surface area (Å²) in [6.07, 6.45) is 9.62. The predicted molar refractivity (Wildman–Crippen MR) is 121 cm³/mol. The van der Waals surface area contributed by atoms with Crippen LogP contribution in [0.1, 0.15) is 65.7 Å². The van der Waals surface area contributed by atoms with Gasteiger partial charge in [-0.15, -0.1) is 11.6 Å². The van der Waals surface area contributed by atoms with E-state index in [1.807, 2.05) is 13.8 Å². The molecular weight excluding hydrogens is 438 g/mol. The number of benzene rings is 1. The Hall–Kier alpha value is -2.28. The third kappa shape index (κ3) is 7.40. The normalized spacial score (nSPS) is 12.9. The average molecular weight is 469 g/mol. The largest absolute Gasteiger partial charge is 0.490 e. The fourth-order valence-corrected chi connectivity index (χ4v) is 3.22. The lowest BCUT2D eigenvalue weighted by molar-refractivity contribution is -0.134. The molecule has 1 heterocycles. The number of esters is 1. The highest BCUT2D eigenvalue weighted by atomic mass is 35.5. The molecule has 32 heavy (non-hydrogen) atoms. The molecule has 0 aliphatic heterocycles. The summed E-state index contributed by atoms with van der Waals surface area (Å²) in [7, 11) is 0. The first-order valence-corrected chi connectivity index (χ1v) is 11.6. The van der Waals surface area contributed by atoms with E-state index in [0.29, 0.717) is 6.61 Å². The Kier molecular flexibility index (Phi) is 10.8. The summed E-state index contributed by atoms with van der Waals surface area (Å²) >= 11 is 6.07. The second kappa shape index (κ2) is 13.3. The molecule has 0 bridgehead atoms. The van der Waals surface area contributed by atoms with Crippen molar-refractivity contribution in [2.24, 2.45) is 5.92 Å². The number of carbonyl (C=O) groups excluding carboxylic acids is 1. The molecule has 0 aliphatic rings. The van der Waals surface area contributed by atoms with Crippen LogP contribution in [0.5, 0.6) is 11.5 Å². The molecule has 0 amide bonds. The fourth-order valence-electron chi connectivity index (χ4n) is 3.00. The Bertz CT molecular complexity index is 865. The SMILES string of the molecule is CCCCCCCCOc1ccc(-c2ncc(OC(=O)C(Cl)C(C)CC)cn2)c(F)c1F. The lowest BCUT2D eigenvalue weighted by Gasteiger charge is -2.14. The summed E-state index contributed by atoms with van der Waals surface area (Å²) in [5.74, 6) is -2.92. The molecule has 0 saturated carbocycles. The van der Waals surface area contributed by atoms with Crippen molar-refractivity contribution in [3.8, 4) is 22.9 Å². The van der Waals surface area contributed by atoms with Crippen molar-refractivity contribution in [2.75, 3.05) is 6.61 Å². The van der Waals surface area contributed by atoms with E-state index < -0.39 is 23.0 Å². The van der Waals surface area contributed by atoms with Crippen LogP contribution in [0, 0.1) is 17.6 Å². The van der Waals surface area contributed by atoms with E-state index in [2.05, 4.69) is 16.9 Å². The average Bonchev–Trinajstić information content (AvgIpc) is 2.80. The lowest BCUT2D eigenvalue weighted by atomic mass is 10.1. The molecule has 0 saturated heterocycles. The molecule has 1 aromatic heterocycles. The van der Waals surface area contributed by atoms with E-state index in [0.717, 1.165) is 25.7 Å². The molecule has 8 heteroatoms. The highest BCUT2D eigenvalue weighted by Crippen LogP contribution is 2.28. The molecule has 2 rings (SSSR count). The van der Waals surface area contributed by atoms with Gasteiger partial charge in [0.1, 0.15) is 5.38 Å². The Balaban J connectivity index is 1.97. The third-order valence-electron chi connectivity index (χ3n) is 5.26. The van der Waals surface area contributed by atoms with Crippen molar-refractivity contribution in [2.45, 2.75) is 71.1 Å². The number of hydrogen-bond donors (Lipinski definition) is 0. The molecule has 2 unspecified atom stereocenters. The number of alkyl halides is 1. The quantitative estimate of drug-likeness (QED) is 0.185. The van der Waals surface area contributed by atoms with Gasteiger partial charge in [0.25, 0.3) is 0 Å². The number of carbonyl (C=O) groups is 1. The van der Waals surface area contributed by atoms with E-state index in [1.54, 1.807) is 0 Å². The molecule has 0 spiro atoms. The molecule has 5 nitrogen and oxygen atoms in total. The smallest absolute Gasteiger partial charge is 0.329 e. The summed E-state index contributed by atoms with van der Waals surface area (Å²) in [4.78, 5) is 20.0. The molecule has 176 valence electrons. The number of halogens is 3. The van der Waals surface area contributed by atoms with Gasteiger partial charge in [0.05, 0.1) is 24.6 Å². The van der Waals surface area contributed by atoms with Crippen LogP contribution < -0.4 is 9.47 Å². The number of ether oxygens (including phenoxy) is 2. The number of rotatable bonds is 13. The van der Waals surface area contributed by atoms with Gasteiger partial charge in [-0.3, -0.25) is 4.79 Å². The van der Waals surface area contributed by atoms with Crippen LogP contribution in [0.15, 0.2) is 24.5 Å². The zero-order chi connectivity index (χ0) is 23.5. The van der Waals surface area contributed by atoms with Crippen molar-refractivity contribution in [3.63, 3.8) is 0 Å². The molecule has 1 aromatic carbocycles. The van der Waals surface area contributed by atoms with Gasteiger partial charge in [-0.05, 0) is 24.5 Å². The highest BCUT2D eigenvalue weighted by molar-refractivity contribution is 6.30. The summed E-state index contributed by atoms with van der Waals surface area (Å²) in [6, 6.07) is 2.74. The van der Waals surface area contributed by atoms with Crippen molar-refractivity contribution in [1.29, 1.82) is 0 Å². The standard InChI is InChI=1S/C24H31ClF2N2O3/c1-4-6-7-8-9-10-13-31-19-12-11-18(21(26)22(19)27)23-28-14-17(15-29-23)32-24(30)20(25)16(3)5-2/h11-12,14-16,20H,4-10,13H2,1-3H3. The van der Waals surface area contributed by atoms with Gasteiger partial charge >= 0.3 is 5.97 Å². The molecular formula is C24H31ClF2N2O3. The van der Waals surface area contributed by atoms with E-state index in [4.69, 9.17) is 21.1 Å². The Morgan fingerprint density at radius 3 is 2.34 bits per heavy atom. The minimum Gasteiger partial charge on any atom is -0.490 e. The first kappa shape index (κ1) is 26.0. The summed E-state index contributed by atoms with van der Waals surface area (Å²) in [6.45, 7) is 6.25. The van der Waals surface area contributed by atoms with Crippen molar-refractivity contribution >= 4 is 17.6 Å². The van der Waals surface area contributed by atoms with Crippen LogP contribution >= 0.6 is 11.6 Å². The van der Waals surface area contributed by atoms with Gasteiger partial charge in [0, 0.05) is 0 Å². The van der Waals surface area contributed by atoms with Crippen LogP contribution in [-0.2, 0) is 4.79 Å². The van der Waals surface area contributed by atoms with E-state index >= 15 is 0 Å². The number of aromatic nitrogens is 2. The van der Waals surface area contributed by atoms with Gasteiger partial charge in [-0.25, -0.2) is 14.4 Å². The second-order valence-corrected chi connectivity index (χ2v) is 8.28. The third-order valence-corrected chi connectivity index (χ3v) is 5.87. The Morgan fingerprint density at radius 2 is 1.69 bits per heavy atom. The Labute approximate surface area is 193 Å². The minimum atomic E-state index is -1.09. The monoisotopic (exact) mass is 468 g/mol. The van der Waals surface area contributed by atoms with Crippen LogP contribution in [0.3, 0.4) is 0 Å².